The molecule has 3 unspecified atom stereocenters. The van der Waals surface area contributed by atoms with Gasteiger partial charge >= 0.3 is 0 Å². The lowest BCUT2D eigenvalue weighted by atomic mass is 9.77. The van der Waals surface area contributed by atoms with Gasteiger partial charge in [0, 0.05) is 19.0 Å². The Morgan fingerprint density at radius 2 is 1.81 bits per heavy atom. The molecule has 2 aromatic rings. The monoisotopic (exact) mass is 507 g/mol. The molecule has 2 aromatic carbocycles. The Labute approximate surface area is 220 Å². The minimum Gasteiger partial charge on any atom is -0.457 e. The first-order valence-electron chi connectivity index (χ1n) is 13.5. The third-order valence-electron chi connectivity index (χ3n) is 7.31. The van der Waals surface area contributed by atoms with Gasteiger partial charge in [-0.3, -0.25) is 14.4 Å². The number of hydrogen-bond acceptors (Lipinski definition) is 4. The molecule has 0 radical (unpaired) electrons. The summed E-state index contributed by atoms with van der Waals surface area (Å²) >= 11 is 0. The van der Waals surface area contributed by atoms with E-state index in [0.29, 0.717) is 31.7 Å². The second kappa shape index (κ2) is 13.8. The number of benzene rings is 2. The standard InChI is InChI=1S/C30H41N3O4/c1-4-12-25(28(31)34)27(21(3)5-2)29(35)32-26-17-9-10-18-33(30(26)36)20-22-13-11-16-24(19-22)37-23-14-7-6-8-15-23/h6-8,11,13-16,19,21,25-27H,4-5,9-10,12,17-18,20H2,1-3H3,(H2,31,34)(H,32,35)/t21?,25?,26-,27?/m0/s1. The molecule has 3 rings (SSSR count). The van der Waals surface area contributed by atoms with Crippen molar-refractivity contribution in [2.45, 2.75) is 71.9 Å². The summed E-state index contributed by atoms with van der Waals surface area (Å²) in [6, 6.07) is 16.7. The normalized spacial score (nSPS) is 18.4. The van der Waals surface area contributed by atoms with Gasteiger partial charge in [-0.05, 0) is 61.4 Å². The van der Waals surface area contributed by atoms with Crippen LogP contribution >= 0.6 is 0 Å². The van der Waals surface area contributed by atoms with Crippen LogP contribution in [-0.4, -0.2) is 35.2 Å². The van der Waals surface area contributed by atoms with Gasteiger partial charge in [-0.1, -0.05) is 63.9 Å². The van der Waals surface area contributed by atoms with E-state index >= 15 is 0 Å². The summed E-state index contributed by atoms with van der Waals surface area (Å²) in [7, 11) is 0. The number of rotatable bonds is 12. The molecule has 1 aliphatic heterocycles. The molecule has 7 heteroatoms. The summed E-state index contributed by atoms with van der Waals surface area (Å²) in [5.41, 5.74) is 6.66. The molecule has 1 saturated heterocycles. The number of para-hydroxylation sites is 1. The van der Waals surface area contributed by atoms with Crippen molar-refractivity contribution < 1.29 is 19.1 Å². The van der Waals surface area contributed by atoms with Gasteiger partial charge in [0.1, 0.15) is 17.5 Å². The first kappa shape index (κ1) is 28.2. The van der Waals surface area contributed by atoms with E-state index < -0.39 is 23.8 Å². The molecule has 1 aliphatic rings. The average molecular weight is 508 g/mol. The van der Waals surface area contributed by atoms with E-state index in [0.717, 1.165) is 37.0 Å². The van der Waals surface area contributed by atoms with Gasteiger partial charge in [-0.2, -0.15) is 0 Å². The molecular weight excluding hydrogens is 466 g/mol. The Balaban J connectivity index is 1.72. The number of hydrogen-bond donors (Lipinski definition) is 2. The van der Waals surface area contributed by atoms with E-state index in [-0.39, 0.29) is 17.7 Å². The highest BCUT2D eigenvalue weighted by molar-refractivity contribution is 5.91. The summed E-state index contributed by atoms with van der Waals surface area (Å²) in [5, 5.41) is 3.01. The summed E-state index contributed by atoms with van der Waals surface area (Å²) in [4.78, 5) is 41.0. The third-order valence-corrected chi connectivity index (χ3v) is 7.31. The minimum atomic E-state index is -0.611. The fourth-order valence-electron chi connectivity index (χ4n) is 5.12. The Hall–Kier alpha value is -3.35. The Bertz CT molecular complexity index is 1040. The SMILES string of the molecule is CCCC(C(N)=O)C(C(=O)N[C@H]1CCCCN(Cc2cccc(Oc3ccccc3)c2)C1=O)C(C)CC. The lowest BCUT2D eigenvalue weighted by molar-refractivity contribution is -0.140. The number of nitrogens with two attached hydrogens (primary N) is 1. The minimum absolute atomic E-state index is 0.0200. The summed E-state index contributed by atoms with van der Waals surface area (Å²) in [6.07, 6.45) is 4.36. The van der Waals surface area contributed by atoms with Crippen LogP contribution in [0.5, 0.6) is 11.5 Å². The number of nitrogens with one attached hydrogen (secondary N) is 1. The van der Waals surface area contributed by atoms with E-state index in [4.69, 9.17) is 10.5 Å². The van der Waals surface area contributed by atoms with Gasteiger partial charge in [-0.25, -0.2) is 0 Å². The molecule has 0 spiro atoms. The molecule has 0 bridgehead atoms. The lowest BCUT2D eigenvalue weighted by Gasteiger charge is -2.31. The van der Waals surface area contributed by atoms with E-state index in [2.05, 4.69) is 5.32 Å². The van der Waals surface area contributed by atoms with Crippen molar-refractivity contribution in [3.8, 4) is 11.5 Å². The highest BCUT2D eigenvalue weighted by atomic mass is 16.5. The Kier molecular flexibility index (Phi) is 10.5. The molecule has 0 aliphatic carbocycles. The molecular formula is C30H41N3O4. The zero-order valence-electron chi connectivity index (χ0n) is 22.3. The van der Waals surface area contributed by atoms with Crippen molar-refractivity contribution in [3.63, 3.8) is 0 Å². The van der Waals surface area contributed by atoms with Crippen LogP contribution in [0.4, 0.5) is 0 Å². The van der Waals surface area contributed by atoms with Crippen molar-refractivity contribution >= 4 is 17.7 Å². The maximum Gasteiger partial charge on any atom is 0.245 e. The molecule has 1 heterocycles. The van der Waals surface area contributed by atoms with Crippen molar-refractivity contribution in [2.75, 3.05) is 6.54 Å². The molecule has 3 amide bonds. The van der Waals surface area contributed by atoms with Crippen molar-refractivity contribution in [3.05, 3.63) is 60.2 Å². The average Bonchev–Trinajstić information content (AvgIpc) is 3.05. The van der Waals surface area contributed by atoms with E-state index in [1.54, 1.807) is 0 Å². The van der Waals surface area contributed by atoms with Crippen molar-refractivity contribution in [1.29, 1.82) is 0 Å². The lowest BCUT2D eigenvalue weighted by Crippen LogP contribution is -2.51. The van der Waals surface area contributed by atoms with Gasteiger partial charge in [0.25, 0.3) is 0 Å². The summed E-state index contributed by atoms with van der Waals surface area (Å²) in [5.74, 6) is -0.424. The smallest absolute Gasteiger partial charge is 0.245 e. The molecule has 200 valence electrons. The zero-order valence-corrected chi connectivity index (χ0v) is 22.3. The summed E-state index contributed by atoms with van der Waals surface area (Å²) < 4.78 is 5.96. The van der Waals surface area contributed by atoms with Crippen LogP contribution in [0.15, 0.2) is 54.6 Å². The number of ether oxygens (including phenoxy) is 1. The maximum absolute atomic E-state index is 13.5. The van der Waals surface area contributed by atoms with Crippen molar-refractivity contribution in [2.24, 2.45) is 23.5 Å². The maximum atomic E-state index is 13.5. The van der Waals surface area contributed by atoms with E-state index in [9.17, 15) is 14.4 Å². The Morgan fingerprint density at radius 3 is 2.49 bits per heavy atom. The van der Waals surface area contributed by atoms with Crippen LogP contribution in [0.25, 0.3) is 0 Å². The highest BCUT2D eigenvalue weighted by Gasteiger charge is 2.38. The molecule has 4 atom stereocenters. The predicted octanol–water partition coefficient (Wildman–Crippen LogP) is 5.04. The topological polar surface area (TPSA) is 102 Å². The van der Waals surface area contributed by atoms with Crippen LogP contribution in [0.3, 0.4) is 0 Å². The number of likely N-dealkylation sites (tertiary alicyclic amines) is 1. The van der Waals surface area contributed by atoms with Crippen LogP contribution in [0.2, 0.25) is 0 Å². The highest BCUT2D eigenvalue weighted by Crippen LogP contribution is 2.29. The second-order valence-electron chi connectivity index (χ2n) is 10.1. The van der Waals surface area contributed by atoms with Gasteiger partial charge in [-0.15, -0.1) is 0 Å². The third kappa shape index (κ3) is 7.81. The number of amides is 3. The van der Waals surface area contributed by atoms with Crippen molar-refractivity contribution in [1.82, 2.24) is 10.2 Å². The van der Waals surface area contributed by atoms with Gasteiger partial charge in [0.15, 0.2) is 0 Å². The largest absolute Gasteiger partial charge is 0.457 e. The molecule has 3 N–H and O–H groups in total. The second-order valence-corrected chi connectivity index (χ2v) is 10.1. The Morgan fingerprint density at radius 1 is 1.08 bits per heavy atom. The van der Waals surface area contributed by atoms with Crippen LogP contribution in [0, 0.1) is 17.8 Å². The van der Waals surface area contributed by atoms with Crippen LogP contribution in [-0.2, 0) is 20.9 Å². The van der Waals surface area contributed by atoms with Gasteiger partial charge in [0.05, 0.1) is 5.92 Å². The number of nitrogens with zero attached hydrogens (tertiary/aromatic N) is 1. The van der Waals surface area contributed by atoms with Gasteiger partial charge in [0.2, 0.25) is 17.7 Å². The zero-order chi connectivity index (χ0) is 26.8. The van der Waals surface area contributed by atoms with E-state index in [1.807, 2.05) is 80.3 Å². The molecule has 1 fully saturated rings. The van der Waals surface area contributed by atoms with Crippen LogP contribution in [0.1, 0.15) is 64.9 Å². The fraction of sp³-hybridized carbons (Fsp3) is 0.500. The first-order valence-corrected chi connectivity index (χ1v) is 13.5. The quantitative estimate of drug-likeness (QED) is 0.420. The van der Waals surface area contributed by atoms with Crippen LogP contribution < -0.4 is 15.8 Å². The molecule has 0 saturated carbocycles. The number of carbonyl (C=O) groups excluding carboxylic acids is 3. The predicted molar refractivity (Wildman–Crippen MR) is 145 cm³/mol. The molecule has 7 nitrogen and oxygen atoms in total. The van der Waals surface area contributed by atoms with E-state index in [1.165, 1.54) is 0 Å². The first-order chi connectivity index (χ1) is 17.8. The fourth-order valence-corrected chi connectivity index (χ4v) is 5.12. The number of primary amides is 1. The van der Waals surface area contributed by atoms with Gasteiger partial charge < -0.3 is 20.7 Å². The molecule has 37 heavy (non-hydrogen) atoms. The number of carbonyl (C=O) groups is 3. The molecule has 0 aromatic heterocycles. The summed E-state index contributed by atoms with van der Waals surface area (Å²) in [6.45, 7) is 7.02.